The summed E-state index contributed by atoms with van der Waals surface area (Å²) in [4.78, 5) is 24.7. The van der Waals surface area contributed by atoms with E-state index in [1.807, 2.05) is 48.5 Å². The SMILES string of the molecule is CC(=O)C1CC(C(=O)NCc2ccc3c(c2)OCCCO3)=NN1c1ccccc1. The van der Waals surface area contributed by atoms with Crippen molar-refractivity contribution in [1.82, 2.24) is 5.32 Å². The zero-order valence-electron chi connectivity index (χ0n) is 16.3. The van der Waals surface area contributed by atoms with Crippen LogP contribution in [0.4, 0.5) is 5.69 Å². The van der Waals surface area contributed by atoms with Gasteiger partial charge in [0, 0.05) is 19.4 Å². The summed E-state index contributed by atoms with van der Waals surface area (Å²) in [5.41, 5.74) is 2.05. The van der Waals surface area contributed by atoms with Crippen LogP contribution in [0.1, 0.15) is 25.3 Å². The van der Waals surface area contributed by atoms with E-state index in [2.05, 4.69) is 10.4 Å². The lowest BCUT2D eigenvalue weighted by Gasteiger charge is -2.20. The molecule has 2 aromatic carbocycles. The largest absolute Gasteiger partial charge is 0.490 e. The van der Waals surface area contributed by atoms with E-state index < -0.39 is 6.04 Å². The van der Waals surface area contributed by atoms with Gasteiger partial charge in [-0.05, 0) is 36.8 Å². The third-order valence-electron chi connectivity index (χ3n) is 4.93. The molecule has 2 aliphatic heterocycles. The molecule has 2 aromatic rings. The molecule has 1 amide bonds. The lowest BCUT2D eigenvalue weighted by atomic mass is 10.1. The van der Waals surface area contributed by atoms with Crippen LogP contribution in [0.15, 0.2) is 53.6 Å². The van der Waals surface area contributed by atoms with E-state index in [0.717, 1.165) is 23.4 Å². The maximum absolute atomic E-state index is 12.7. The summed E-state index contributed by atoms with van der Waals surface area (Å²) < 4.78 is 11.3. The van der Waals surface area contributed by atoms with E-state index in [1.165, 1.54) is 6.92 Å². The molecule has 0 aliphatic carbocycles. The minimum absolute atomic E-state index is 0.0247. The second kappa shape index (κ2) is 8.34. The summed E-state index contributed by atoms with van der Waals surface area (Å²) >= 11 is 0. The van der Waals surface area contributed by atoms with Crippen molar-refractivity contribution in [3.05, 3.63) is 54.1 Å². The van der Waals surface area contributed by atoms with Gasteiger partial charge in [-0.3, -0.25) is 14.6 Å². The fourth-order valence-corrected chi connectivity index (χ4v) is 3.38. The Bertz CT molecular complexity index is 942. The number of ketones is 1. The van der Waals surface area contributed by atoms with Crippen LogP contribution in [-0.2, 0) is 16.1 Å². The summed E-state index contributed by atoms with van der Waals surface area (Å²) in [6.45, 7) is 3.11. The van der Waals surface area contributed by atoms with E-state index in [9.17, 15) is 9.59 Å². The highest BCUT2D eigenvalue weighted by molar-refractivity contribution is 6.40. The highest BCUT2D eigenvalue weighted by atomic mass is 16.5. The van der Waals surface area contributed by atoms with Gasteiger partial charge in [0.25, 0.3) is 5.91 Å². The van der Waals surface area contributed by atoms with Gasteiger partial charge in [-0.2, -0.15) is 5.10 Å². The van der Waals surface area contributed by atoms with Crippen LogP contribution >= 0.6 is 0 Å². The Morgan fingerprint density at radius 3 is 2.62 bits per heavy atom. The van der Waals surface area contributed by atoms with Gasteiger partial charge < -0.3 is 14.8 Å². The van der Waals surface area contributed by atoms with Gasteiger partial charge in [0.05, 0.1) is 18.9 Å². The van der Waals surface area contributed by atoms with Crippen LogP contribution < -0.4 is 19.8 Å². The lowest BCUT2D eigenvalue weighted by Crippen LogP contribution is -2.34. The molecule has 1 N–H and O–H groups in total. The number of anilines is 1. The molecule has 2 heterocycles. The second-order valence-corrected chi connectivity index (χ2v) is 7.07. The molecule has 4 rings (SSSR count). The Labute approximate surface area is 169 Å². The average Bonchev–Trinajstić information content (AvgIpc) is 3.06. The Morgan fingerprint density at radius 1 is 1.10 bits per heavy atom. The lowest BCUT2D eigenvalue weighted by molar-refractivity contribution is -0.118. The number of Topliss-reactive ketones (excluding diaryl/α,β-unsaturated/α-hetero) is 1. The molecule has 1 atom stereocenters. The first-order valence-electron chi connectivity index (χ1n) is 9.71. The number of nitrogens with zero attached hydrogens (tertiary/aromatic N) is 2. The molecule has 0 saturated heterocycles. The molecular weight excluding hydrogens is 370 g/mol. The van der Waals surface area contributed by atoms with Gasteiger partial charge in [0.1, 0.15) is 11.8 Å². The van der Waals surface area contributed by atoms with Gasteiger partial charge in [-0.1, -0.05) is 24.3 Å². The van der Waals surface area contributed by atoms with E-state index in [1.54, 1.807) is 5.01 Å². The topological polar surface area (TPSA) is 80.2 Å². The smallest absolute Gasteiger partial charge is 0.267 e. The Hall–Kier alpha value is -3.35. The normalized spacial score (nSPS) is 18.0. The predicted molar refractivity (Wildman–Crippen MR) is 109 cm³/mol. The minimum atomic E-state index is -0.462. The fraction of sp³-hybridized carbons (Fsp3) is 0.318. The van der Waals surface area contributed by atoms with Crippen molar-refractivity contribution in [2.24, 2.45) is 5.10 Å². The van der Waals surface area contributed by atoms with E-state index >= 15 is 0 Å². The highest BCUT2D eigenvalue weighted by Crippen LogP contribution is 2.30. The Balaban J connectivity index is 1.44. The van der Waals surface area contributed by atoms with Crippen molar-refractivity contribution in [3.8, 4) is 11.5 Å². The summed E-state index contributed by atoms with van der Waals surface area (Å²) in [6.07, 6.45) is 1.13. The summed E-state index contributed by atoms with van der Waals surface area (Å²) in [5, 5.41) is 8.95. The van der Waals surface area contributed by atoms with E-state index in [0.29, 0.717) is 31.2 Å². The van der Waals surface area contributed by atoms with Crippen LogP contribution in [0, 0.1) is 0 Å². The van der Waals surface area contributed by atoms with Crippen molar-refractivity contribution in [1.29, 1.82) is 0 Å². The summed E-state index contributed by atoms with van der Waals surface area (Å²) in [5.74, 6) is 1.12. The first-order valence-corrected chi connectivity index (χ1v) is 9.71. The number of ether oxygens (including phenoxy) is 2. The zero-order valence-corrected chi connectivity index (χ0v) is 16.3. The second-order valence-electron chi connectivity index (χ2n) is 7.07. The number of carbonyl (C=O) groups is 2. The number of fused-ring (bicyclic) bond motifs is 1. The first kappa shape index (κ1) is 19.0. The summed E-state index contributed by atoms with van der Waals surface area (Å²) in [6, 6.07) is 14.6. The third kappa shape index (κ3) is 4.23. The summed E-state index contributed by atoms with van der Waals surface area (Å²) in [7, 11) is 0. The van der Waals surface area contributed by atoms with Crippen molar-refractivity contribution < 1.29 is 19.1 Å². The molecule has 150 valence electrons. The van der Waals surface area contributed by atoms with Crippen LogP contribution in [0.3, 0.4) is 0 Å². The average molecular weight is 393 g/mol. The van der Waals surface area contributed by atoms with Crippen LogP contribution in [-0.4, -0.2) is 36.7 Å². The van der Waals surface area contributed by atoms with Gasteiger partial charge >= 0.3 is 0 Å². The van der Waals surface area contributed by atoms with Gasteiger partial charge in [0.15, 0.2) is 17.3 Å². The zero-order chi connectivity index (χ0) is 20.2. The first-order chi connectivity index (χ1) is 14.1. The van der Waals surface area contributed by atoms with E-state index in [4.69, 9.17) is 9.47 Å². The number of amides is 1. The van der Waals surface area contributed by atoms with Crippen molar-refractivity contribution in [2.75, 3.05) is 18.2 Å². The number of hydrogen-bond acceptors (Lipinski definition) is 6. The predicted octanol–water partition coefficient (Wildman–Crippen LogP) is 2.69. The standard InChI is InChI=1S/C22H23N3O4/c1-15(26)19-13-18(24-25(19)17-6-3-2-4-7-17)22(27)23-14-16-8-9-20-21(12-16)29-11-5-10-28-20/h2-4,6-9,12,19H,5,10-11,13-14H2,1H3,(H,23,27). The molecule has 0 bridgehead atoms. The van der Waals surface area contributed by atoms with Crippen LogP contribution in [0.5, 0.6) is 11.5 Å². The number of rotatable bonds is 5. The maximum Gasteiger partial charge on any atom is 0.267 e. The molecule has 7 heteroatoms. The molecule has 29 heavy (non-hydrogen) atoms. The molecule has 0 spiro atoms. The number of benzene rings is 2. The number of nitrogens with one attached hydrogen (secondary N) is 1. The molecular formula is C22H23N3O4. The molecule has 0 radical (unpaired) electrons. The maximum atomic E-state index is 12.7. The molecule has 2 aliphatic rings. The Morgan fingerprint density at radius 2 is 1.86 bits per heavy atom. The number of hydrogen-bond donors (Lipinski definition) is 1. The minimum Gasteiger partial charge on any atom is -0.490 e. The van der Waals surface area contributed by atoms with Gasteiger partial charge in [-0.15, -0.1) is 0 Å². The van der Waals surface area contributed by atoms with Gasteiger partial charge in [-0.25, -0.2) is 0 Å². The van der Waals surface area contributed by atoms with Gasteiger partial charge in [0.2, 0.25) is 0 Å². The van der Waals surface area contributed by atoms with E-state index in [-0.39, 0.29) is 18.1 Å². The number of carbonyl (C=O) groups excluding carboxylic acids is 2. The highest BCUT2D eigenvalue weighted by Gasteiger charge is 2.34. The van der Waals surface area contributed by atoms with Crippen molar-refractivity contribution in [2.45, 2.75) is 32.4 Å². The molecule has 0 saturated carbocycles. The molecule has 1 unspecified atom stereocenters. The fourth-order valence-electron chi connectivity index (χ4n) is 3.38. The number of hydrazone groups is 1. The number of para-hydroxylation sites is 1. The van der Waals surface area contributed by atoms with Crippen molar-refractivity contribution in [3.63, 3.8) is 0 Å². The Kier molecular flexibility index (Phi) is 5.46. The van der Waals surface area contributed by atoms with Crippen LogP contribution in [0.2, 0.25) is 0 Å². The molecule has 0 aromatic heterocycles. The monoisotopic (exact) mass is 393 g/mol. The quantitative estimate of drug-likeness (QED) is 0.845. The van der Waals surface area contributed by atoms with Crippen LogP contribution in [0.25, 0.3) is 0 Å². The molecule has 7 nitrogen and oxygen atoms in total. The third-order valence-corrected chi connectivity index (χ3v) is 4.93. The van der Waals surface area contributed by atoms with Crippen molar-refractivity contribution >= 4 is 23.1 Å². The molecule has 0 fully saturated rings.